The van der Waals surface area contributed by atoms with Gasteiger partial charge in [0.05, 0.1) is 6.54 Å². The Morgan fingerprint density at radius 1 is 1.15 bits per heavy atom. The van der Waals surface area contributed by atoms with Gasteiger partial charge in [0.25, 0.3) is 0 Å². The predicted molar refractivity (Wildman–Crippen MR) is 101 cm³/mol. The molecule has 4 heteroatoms. The van der Waals surface area contributed by atoms with E-state index in [-0.39, 0.29) is 23.1 Å². The number of carbonyl (C=O) groups excluding carboxylic acids is 2. The van der Waals surface area contributed by atoms with E-state index in [9.17, 15) is 9.59 Å². The van der Waals surface area contributed by atoms with Crippen LogP contribution in [0.25, 0.3) is 0 Å². The molecule has 4 nitrogen and oxygen atoms in total. The number of nitrogens with zero attached hydrogens (tertiary/aromatic N) is 1. The Kier molecular flexibility index (Phi) is 4.84. The highest BCUT2D eigenvalue weighted by molar-refractivity contribution is 5.81. The van der Waals surface area contributed by atoms with Gasteiger partial charge in [-0.1, -0.05) is 42.8 Å². The third-order valence-electron chi connectivity index (χ3n) is 6.41. The second-order valence-corrected chi connectivity index (χ2v) is 8.07. The normalized spacial score (nSPS) is 25.9. The van der Waals surface area contributed by atoms with Crippen molar-refractivity contribution in [3.63, 3.8) is 0 Å². The Morgan fingerprint density at radius 2 is 1.96 bits per heavy atom. The molecule has 2 fully saturated rings. The van der Waals surface area contributed by atoms with E-state index in [1.165, 1.54) is 6.42 Å². The molecule has 1 heterocycles. The summed E-state index contributed by atoms with van der Waals surface area (Å²) in [6.07, 6.45) is 10.1. The van der Waals surface area contributed by atoms with E-state index in [2.05, 4.69) is 23.5 Å². The van der Waals surface area contributed by atoms with Crippen LogP contribution >= 0.6 is 0 Å². The van der Waals surface area contributed by atoms with Gasteiger partial charge in [-0.3, -0.25) is 9.59 Å². The lowest BCUT2D eigenvalue weighted by molar-refractivity contribution is -0.134. The second kappa shape index (κ2) is 7.26. The molecule has 1 aromatic carbocycles. The molecule has 26 heavy (non-hydrogen) atoms. The van der Waals surface area contributed by atoms with E-state index in [1.54, 1.807) is 0 Å². The maximum Gasteiger partial charge on any atom is 0.227 e. The van der Waals surface area contributed by atoms with Gasteiger partial charge in [0.15, 0.2) is 0 Å². The third-order valence-corrected chi connectivity index (χ3v) is 6.41. The maximum absolute atomic E-state index is 12.7. The van der Waals surface area contributed by atoms with Crippen LogP contribution in [0.5, 0.6) is 0 Å². The lowest BCUT2D eigenvalue weighted by Crippen LogP contribution is -2.51. The summed E-state index contributed by atoms with van der Waals surface area (Å²) in [5, 5.41) is 3.23. The van der Waals surface area contributed by atoms with Crippen molar-refractivity contribution in [1.82, 2.24) is 10.2 Å². The molecule has 4 rings (SSSR count). The molecule has 0 aromatic heterocycles. The average Bonchev–Trinajstić information content (AvgIpc) is 2.62. The summed E-state index contributed by atoms with van der Waals surface area (Å²) in [5.74, 6) is 0.637. The quantitative estimate of drug-likeness (QED) is 0.877. The number of hydrogen-bond acceptors (Lipinski definition) is 2. The van der Waals surface area contributed by atoms with Gasteiger partial charge in [-0.15, -0.1) is 0 Å². The van der Waals surface area contributed by atoms with Crippen molar-refractivity contribution in [1.29, 1.82) is 0 Å². The lowest BCUT2D eigenvalue weighted by Gasteiger charge is -2.47. The molecule has 138 valence electrons. The highest BCUT2D eigenvalue weighted by Crippen LogP contribution is 2.46. The number of benzene rings is 1. The van der Waals surface area contributed by atoms with Gasteiger partial charge >= 0.3 is 0 Å². The first kappa shape index (κ1) is 17.3. The van der Waals surface area contributed by atoms with Gasteiger partial charge < -0.3 is 10.2 Å². The standard InChI is InChI=1S/C22H28N2O2/c25-20-12-14-22(16-23-21(26)18-9-6-10-18)13-5-4-11-19(22)24(20)15-17-7-2-1-3-8-17/h1-3,7-8,11,18H,4-6,9-10,12-16H2,(H,23,26). The minimum atomic E-state index is -0.0691. The number of amides is 2. The zero-order chi connectivity index (χ0) is 18.0. The van der Waals surface area contributed by atoms with Crippen LogP contribution in [0.15, 0.2) is 42.1 Å². The molecule has 1 aliphatic heterocycles. The summed E-state index contributed by atoms with van der Waals surface area (Å²) in [5.41, 5.74) is 2.24. The molecule has 0 radical (unpaired) electrons. The second-order valence-electron chi connectivity index (χ2n) is 8.07. The zero-order valence-electron chi connectivity index (χ0n) is 15.4. The summed E-state index contributed by atoms with van der Waals surface area (Å²) >= 11 is 0. The van der Waals surface area contributed by atoms with Gasteiger partial charge in [0.1, 0.15) is 0 Å². The topological polar surface area (TPSA) is 49.4 Å². The Bertz CT molecular complexity index is 708. The summed E-state index contributed by atoms with van der Waals surface area (Å²) in [6.45, 7) is 1.30. The first-order chi connectivity index (χ1) is 12.7. The molecule has 1 atom stereocenters. The van der Waals surface area contributed by atoms with Crippen molar-refractivity contribution in [3.05, 3.63) is 47.7 Å². The predicted octanol–water partition coefficient (Wildman–Crippen LogP) is 3.78. The van der Waals surface area contributed by atoms with E-state index >= 15 is 0 Å². The van der Waals surface area contributed by atoms with Crippen LogP contribution in [0.4, 0.5) is 0 Å². The molecule has 1 aromatic rings. The van der Waals surface area contributed by atoms with Crippen molar-refractivity contribution in [3.8, 4) is 0 Å². The van der Waals surface area contributed by atoms with Crippen molar-refractivity contribution >= 4 is 11.8 Å². The molecular formula is C22H28N2O2. The van der Waals surface area contributed by atoms with E-state index < -0.39 is 0 Å². The molecule has 0 spiro atoms. The molecule has 1 unspecified atom stereocenters. The largest absolute Gasteiger partial charge is 0.355 e. The van der Waals surface area contributed by atoms with Gasteiger partial charge in [-0.05, 0) is 44.1 Å². The van der Waals surface area contributed by atoms with Gasteiger partial charge in [0, 0.05) is 30.0 Å². The summed E-state index contributed by atoms with van der Waals surface area (Å²) in [4.78, 5) is 27.0. The monoisotopic (exact) mass is 352 g/mol. The number of nitrogens with one attached hydrogen (secondary N) is 1. The number of allylic oxidation sites excluding steroid dienone is 1. The van der Waals surface area contributed by atoms with Crippen LogP contribution in [-0.4, -0.2) is 23.3 Å². The summed E-state index contributed by atoms with van der Waals surface area (Å²) in [7, 11) is 0. The highest BCUT2D eigenvalue weighted by atomic mass is 16.2. The van der Waals surface area contributed by atoms with Crippen LogP contribution in [0.1, 0.15) is 56.9 Å². The smallest absolute Gasteiger partial charge is 0.227 e. The Labute approximate surface area is 155 Å². The maximum atomic E-state index is 12.7. The average molecular weight is 352 g/mol. The number of carbonyl (C=O) groups is 2. The Morgan fingerprint density at radius 3 is 2.69 bits per heavy atom. The van der Waals surface area contributed by atoms with Crippen LogP contribution in [-0.2, 0) is 16.1 Å². The van der Waals surface area contributed by atoms with Crippen LogP contribution in [0.3, 0.4) is 0 Å². The first-order valence-corrected chi connectivity index (χ1v) is 10.0. The fourth-order valence-corrected chi connectivity index (χ4v) is 4.57. The Balaban J connectivity index is 1.53. The van der Waals surface area contributed by atoms with E-state index in [0.29, 0.717) is 19.5 Å². The molecule has 1 N–H and O–H groups in total. The molecule has 1 saturated heterocycles. The lowest BCUT2D eigenvalue weighted by atomic mass is 9.69. The van der Waals surface area contributed by atoms with Crippen molar-refractivity contribution in [2.45, 2.75) is 57.9 Å². The summed E-state index contributed by atoms with van der Waals surface area (Å²) in [6, 6.07) is 10.2. The Hall–Kier alpha value is -2.10. The first-order valence-electron chi connectivity index (χ1n) is 10.0. The molecule has 2 amide bonds. The SMILES string of the molecule is O=C(NCC12CCCC=C1N(Cc1ccccc1)C(=O)CC2)C1CCC1. The fourth-order valence-electron chi connectivity index (χ4n) is 4.57. The van der Waals surface area contributed by atoms with Crippen molar-refractivity contribution in [2.75, 3.05) is 6.54 Å². The van der Waals surface area contributed by atoms with Crippen LogP contribution < -0.4 is 5.32 Å². The van der Waals surface area contributed by atoms with Crippen LogP contribution in [0, 0.1) is 11.3 Å². The fraction of sp³-hybridized carbons (Fsp3) is 0.545. The van der Waals surface area contributed by atoms with E-state index in [1.807, 2.05) is 23.1 Å². The van der Waals surface area contributed by atoms with Gasteiger partial charge in [0.2, 0.25) is 11.8 Å². The van der Waals surface area contributed by atoms with Crippen molar-refractivity contribution < 1.29 is 9.59 Å². The van der Waals surface area contributed by atoms with E-state index in [0.717, 1.165) is 49.8 Å². The number of hydrogen-bond donors (Lipinski definition) is 1. The van der Waals surface area contributed by atoms with E-state index in [4.69, 9.17) is 0 Å². The third kappa shape index (κ3) is 3.29. The number of likely N-dealkylation sites (tertiary alicyclic amines) is 1. The number of rotatable bonds is 5. The highest BCUT2D eigenvalue weighted by Gasteiger charge is 2.44. The molecule has 1 saturated carbocycles. The summed E-state index contributed by atoms with van der Waals surface area (Å²) < 4.78 is 0. The molecule has 0 bridgehead atoms. The molecule has 3 aliphatic rings. The van der Waals surface area contributed by atoms with Gasteiger partial charge in [-0.2, -0.15) is 0 Å². The minimum absolute atomic E-state index is 0.0691. The zero-order valence-corrected chi connectivity index (χ0v) is 15.4. The number of piperidine rings is 1. The van der Waals surface area contributed by atoms with Crippen LogP contribution in [0.2, 0.25) is 0 Å². The van der Waals surface area contributed by atoms with Crippen molar-refractivity contribution in [2.24, 2.45) is 11.3 Å². The molecular weight excluding hydrogens is 324 g/mol. The number of fused-ring (bicyclic) bond motifs is 1. The van der Waals surface area contributed by atoms with Gasteiger partial charge in [-0.25, -0.2) is 0 Å². The molecule has 2 aliphatic carbocycles. The minimum Gasteiger partial charge on any atom is -0.355 e.